The van der Waals surface area contributed by atoms with Gasteiger partial charge in [-0.15, -0.1) is 11.3 Å². The summed E-state index contributed by atoms with van der Waals surface area (Å²) in [6.07, 6.45) is 0.205. The highest BCUT2D eigenvalue weighted by atomic mass is 32.1. The maximum Gasteiger partial charge on any atom is 0.346 e. The van der Waals surface area contributed by atoms with Gasteiger partial charge in [-0.05, 0) is 23.4 Å². The van der Waals surface area contributed by atoms with Crippen molar-refractivity contribution in [3.05, 3.63) is 21.4 Å². The fourth-order valence-electron chi connectivity index (χ4n) is 1.21. The van der Waals surface area contributed by atoms with Crippen LogP contribution in [0.15, 0.2) is 5.38 Å². The number of nitrogens with zero attached hydrogens (tertiary/aromatic N) is 1. The van der Waals surface area contributed by atoms with Gasteiger partial charge in [-0.2, -0.15) is 5.26 Å². The summed E-state index contributed by atoms with van der Waals surface area (Å²) in [4.78, 5) is 11.0. The van der Waals surface area contributed by atoms with E-state index in [-0.39, 0.29) is 12.5 Å². The zero-order valence-electron chi connectivity index (χ0n) is 7.65. The molecule has 3 N–H and O–H groups in total. The van der Waals surface area contributed by atoms with Gasteiger partial charge in [0.25, 0.3) is 0 Å². The summed E-state index contributed by atoms with van der Waals surface area (Å²) >= 11 is 1.15. The molecular formula is C9H10N2O2S. The van der Waals surface area contributed by atoms with Crippen LogP contribution in [0.3, 0.4) is 0 Å². The van der Waals surface area contributed by atoms with E-state index in [1.807, 2.05) is 6.07 Å². The number of nitriles is 1. The minimum Gasteiger partial charge on any atom is -0.477 e. The Morgan fingerprint density at radius 2 is 2.50 bits per heavy atom. The van der Waals surface area contributed by atoms with Crippen molar-refractivity contribution in [2.24, 2.45) is 5.73 Å². The van der Waals surface area contributed by atoms with Gasteiger partial charge in [0, 0.05) is 6.04 Å². The number of rotatable bonds is 3. The van der Waals surface area contributed by atoms with Gasteiger partial charge in [0.1, 0.15) is 4.88 Å². The van der Waals surface area contributed by atoms with Crippen LogP contribution in [-0.2, 0) is 0 Å². The highest BCUT2D eigenvalue weighted by Gasteiger charge is 2.17. The normalized spacial score (nSPS) is 12.1. The van der Waals surface area contributed by atoms with E-state index in [0.717, 1.165) is 16.9 Å². The van der Waals surface area contributed by atoms with Crippen molar-refractivity contribution in [1.29, 1.82) is 5.26 Å². The lowest BCUT2D eigenvalue weighted by molar-refractivity contribution is 0.0701. The Balaban J connectivity index is 3.01. The molecule has 1 aromatic rings. The van der Waals surface area contributed by atoms with E-state index in [9.17, 15) is 4.79 Å². The minimum absolute atomic E-state index is 0.205. The molecule has 0 saturated heterocycles. The first-order chi connectivity index (χ1) is 6.57. The van der Waals surface area contributed by atoms with Crippen LogP contribution in [0, 0.1) is 18.3 Å². The largest absolute Gasteiger partial charge is 0.477 e. The van der Waals surface area contributed by atoms with E-state index in [1.54, 1.807) is 12.3 Å². The van der Waals surface area contributed by atoms with Gasteiger partial charge in [0.2, 0.25) is 0 Å². The van der Waals surface area contributed by atoms with E-state index in [1.165, 1.54) is 0 Å². The van der Waals surface area contributed by atoms with Crippen molar-refractivity contribution in [2.45, 2.75) is 19.4 Å². The van der Waals surface area contributed by atoms with Crippen molar-refractivity contribution in [2.75, 3.05) is 0 Å². The second kappa shape index (κ2) is 4.22. The molecule has 0 aliphatic rings. The van der Waals surface area contributed by atoms with Crippen LogP contribution in [0.2, 0.25) is 0 Å². The Kier molecular flexibility index (Phi) is 3.23. The molecule has 1 unspecified atom stereocenters. The first kappa shape index (κ1) is 10.7. The number of carboxylic acids is 1. The quantitative estimate of drug-likeness (QED) is 0.794. The summed E-state index contributed by atoms with van der Waals surface area (Å²) in [5.74, 6) is -0.942. The first-order valence-electron chi connectivity index (χ1n) is 4.01. The van der Waals surface area contributed by atoms with Gasteiger partial charge in [0.15, 0.2) is 0 Å². The molecule has 0 aliphatic heterocycles. The molecule has 0 saturated carbocycles. The second-order valence-electron chi connectivity index (χ2n) is 2.92. The standard InChI is InChI=1S/C9H10N2O2S/c1-5-6(7(11)2-3-10)4-14-8(5)9(12)13/h4,7H,2,11H2,1H3,(H,12,13). The SMILES string of the molecule is Cc1c(C(N)CC#N)csc1C(=O)O. The van der Waals surface area contributed by atoms with Crippen LogP contribution in [-0.4, -0.2) is 11.1 Å². The summed E-state index contributed by atoms with van der Waals surface area (Å²) in [5.41, 5.74) is 7.14. The van der Waals surface area contributed by atoms with Crippen LogP contribution in [0.4, 0.5) is 0 Å². The third-order valence-corrected chi connectivity index (χ3v) is 3.07. The Hall–Kier alpha value is -1.38. The maximum absolute atomic E-state index is 10.7. The number of aromatic carboxylic acids is 1. The summed E-state index contributed by atoms with van der Waals surface area (Å²) in [7, 11) is 0. The van der Waals surface area contributed by atoms with Crippen molar-refractivity contribution in [3.63, 3.8) is 0 Å². The van der Waals surface area contributed by atoms with E-state index < -0.39 is 5.97 Å². The van der Waals surface area contributed by atoms with Crippen molar-refractivity contribution < 1.29 is 9.90 Å². The Morgan fingerprint density at radius 3 is 2.93 bits per heavy atom. The highest BCUT2D eigenvalue weighted by Crippen LogP contribution is 2.27. The third-order valence-electron chi connectivity index (χ3n) is 1.98. The summed E-state index contributed by atoms with van der Waals surface area (Å²) in [6.45, 7) is 1.71. The monoisotopic (exact) mass is 210 g/mol. The van der Waals surface area contributed by atoms with Crippen molar-refractivity contribution >= 4 is 17.3 Å². The molecule has 0 aliphatic carbocycles. The van der Waals surface area contributed by atoms with Crippen molar-refractivity contribution in [1.82, 2.24) is 0 Å². The lowest BCUT2D eigenvalue weighted by Gasteiger charge is -2.06. The zero-order chi connectivity index (χ0) is 10.7. The zero-order valence-corrected chi connectivity index (χ0v) is 8.47. The molecule has 0 spiro atoms. The summed E-state index contributed by atoms with van der Waals surface area (Å²) in [6, 6.07) is 1.58. The smallest absolute Gasteiger partial charge is 0.346 e. The lowest BCUT2D eigenvalue weighted by atomic mass is 10.0. The predicted octanol–water partition coefficient (Wildman–Crippen LogP) is 1.67. The molecule has 1 aromatic heterocycles. The molecule has 5 heteroatoms. The molecule has 1 rings (SSSR count). The number of carboxylic acid groups (broad SMARTS) is 1. The lowest BCUT2D eigenvalue weighted by Crippen LogP contribution is -2.10. The fraction of sp³-hybridized carbons (Fsp3) is 0.333. The van der Waals surface area contributed by atoms with Gasteiger partial charge in [0.05, 0.1) is 12.5 Å². The van der Waals surface area contributed by atoms with Gasteiger partial charge >= 0.3 is 5.97 Å². The average molecular weight is 210 g/mol. The molecule has 14 heavy (non-hydrogen) atoms. The van der Waals surface area contributed by atoms with E-state index in [2.05, 4.69) is 0 Å². The predicted molar refractivity (Wildman–Crippen MR) is 53.2 cm³/mol. The van der Waals surface area contributed by atoms with Crippen LogP contribution in [0.25, 0.3) is 0 Å². The van der Waals surface area contributed by atoms with Crippen LogP contribution in [0.5, 0.6) is 0 Å². The minimum atomic E-state index is -0.942. The number of hydrogen-bond acceptors (Lipinski definition) is 4. The van der Waals surface area contributed by atoms with Crippen LogP contribution >= 0.6 is 11.3 Å². The van der Waals surface area contributed by atoms with E-state index in [0.29, 0.717) is 10.4 Å². The molecule has 0 amide bonds. The van der Waals surface area contributed by atoms with Gasteiger partial charge in [-0.3, -0.25) is 0 Å². The fourth-order valence-corrected chi connectivity index (χ4v) is 2.21. The molecule has 0 aromatic carbocycles. The Labute approximate surface area is 85.6 Å². The van der Waals surface area contributed by atoms with E-state index >= 15 is 0 Å². The van der Waals surface area contributed by atoms with Crippen LogP contribution < -0.4 is 5.73 Å². The van der Waals surface area contributed by atoms with Gasteiger partial charge < -0.3 is 10.8 Å². The molecule has 0 fully saturated rings. The molecule has 0 radical (unpaired) electrons. The molecule has 1 atom stereocenters. The summed E-state index contributed by atoms with van der Waals surface area (Å²) in [5, 5.41) is 19.0. The highest BCUT2D eigenvalue weighted by molar-refractivity contribution is 7.12. The first-order valence-corrected chi connectivity index (χ1v) is 4.89. The molecule has 1 heterocycles. The van der Waals surface area contributed by atoms with Crippen LogP contribution in [0.1, 0.15) is 33.3 Å². The summed E-state index contributed by atoms with van der Waals surface area (Å²) < 4.78 is 0. The number of thiophene rings is 1. The molecule has 0 bridgehead atoms. The van der Waals surface area contributed by atoms with Gasteiger partial charge in [-0.25, -0.2) is 4.79 Å². The Bertz CT molecular complexity index is 392. The number of carbonyl (C=O) groups is 1. The van der Waals surface area contributed by atoms with Crippen molar-refractivity contribution in [3.8, 4) is 6.07 Å². The number of nitrogens with two attached hydrogens (primary N) is 1. The Morgan fingerprint density at radius 1 is 1.86 bits per heavy atom. The molecule has 4 nitrogen and oxygen atoms in total. The second-order valence-corrected chi connectivity index (χ2v) is 3.80. The number of hydrogen-bond donors (Lipinski definition) is 2. The van der Waals surface area contributed by atoms with Gasteiger partial charge in [-0.1, -0.05) is 0 Å². The average Bonchev–Trinajstić information content (AvgIpc) is 2.47. The third kappa shape index (κ3) is 1.92. The topological polar surface area (TPSA) is 87.1 Å². The maximum atomic E-state index is 10.7. The molecular weight excluding hydrogens is 200 g/mol. The van der Waals surface area contributed by atoms with E-state index in [4.69, 9.17) is 16.1 Å². The molecule has 74 valence electrons.